The first-order valence-corrected chi connectivity index (χ1v) is 7.30. The van der Waals surface area contributed by atoms with E-state index < -0.39 is 0 Å². The molecule has 3 rings (SSSR count). The van der Waals surface area contributed by atoms with Crippen LogP contribution in [-0.4, -0.2) is 19.7 Å². The molecular weight excluding hydrogens is 280 g/mol. The third kappa shape index (κ3) is 2.52. The maximum absolute atomic E-state index is 5.24. The number of nitrogens with one attached hydrogen (secondary N) is 1. The Kier molecular flexibility index (Phi) is 3.66. The Balaban J connectivity index is 2.08. The van der Waals surface area contributed by atoms with E-state index in [4.69, 9.17) is 17.2 Å². The lowest BCUT2D eigenvalue weighted by Crippen LogP contribution is -2.00. The third-order valence-electron chi connectivity index (χ3n) is 3.47. The van der Waals surface area contributed by atoms with Crippen LogP contribution in [0.3, 0.4) is 0 Å². The summed E-state index contributed by atoms with van der Waals surface area (Å²) in [6.45, 7) is 4.83. The summed E-state index contributed by atoms with van der Waals surface area (Å²) in [5, 5.41) is 7.17. The summed E-state index contributed by atoms with van der Waals surface area (Å²) in [4.78, 5) is 4.70. The van der Waals surface area contributed by atoms with Crippen molar-refractivity contribution in [1.82, 2.24) is 19.7 Å². The van der Waals surface area contributed by atoms with Gasteiger partial charge in [-0.3, -0.25) is 10.1 Å². The number of aromatic amines is 1. The van der Waals surface area contributed by atoms with Crippen LogP contribution in [0, 0.1) is 11.7 Å². The summed E-state index contributed by atoms with van der Waals surface area (Å²) in [5.74, 6) is 0.840. The van der Waals surface area contributed by atoms with E-state index in [1.54, 1.807) is 0 Å². The largest absolute Gasteiger partial charge is 0.300 e. The molecule has 4 nitrogen and oxygen atoms in total. The predicted molar refractivity (Wildman–Crippen MR) is 86.5 cm³/mol. The van der Waals surface area contributed by atoms with E-state index in [2.05, 4.69) is 35.3 Å². The highest BCUT2D eigenvalue weighted by Gasteiger charge is 2.12. The Bertz CT molecular complexity index is 818. The van der Waals surface area contributed by atoms with Gasteiger partial charge in [0.1, 0.15) is 0 Å². The molecule has 0 aliphatic carbocycles. The summed E-state index contributed by atoms with van der Waals surface area (Å²) in [6, 6.07) is 14.2. The predicted octanol–water partition coefficient (Wildman–Crippen LogP) is 4.00. The summed E-state index contributed by atoms with van der Waals surface area (Å²) in [6.07, 6.45) is 0. The first-order valence-electron chi connectivity index (χ1n) is 6.89. The molecule has 0 aliphatic heterocycles. The molecule has 0 aliphatic rings. The highest BCUT2D eigenvalue weighted by Crippen LogP contribution is 2.24. The maximum atomic E-state index is 5.24. The number of aromatic nitrogens is 4. The van der Waals surface area contributed by atoms with Gasteiger partial charge in [0.25, 0.3) is 0 Å². The molecule has 3 aromatic rings. The molecule has 2 aromatic heterocycles. The van der Waals surface area contributed by atoms with E-state index in [0.29, 0.717) is 4.77 Å². The summed E-state index contributed by atoms with van der Waals surface area (Å²) >= 11 is 5.24. The number of pyridine rings is 1. The Morgan fingerprint density at radius 1 is 1.14 bits per heavy atom. The Morgan fingerprint density at radius 3 is 2.57 bits per heavy atom. The minimum absolute atomic E-state index is 0.638. The first kappa shape index (κ1) is 13.7. The van der Waals surface area contributed by atoms with Gasteiger partial charge in [0.2, 0.25) is 0 Å². The maximum Gasteiger partial charge on any atom is 0.195 e. The molecule has 1 N–H and O–H groups in total. The van der Waals surface area contributed by atoms with Crippen LogP contribution in [0.5, 0.6) is 0 Å². The van der Waals surface area contributed by atoms with Crippen molar-refractivity contribution >= 4 is 12.2 Å². The molecule has 0 unspecified atom stereocenters. The molecule has 0 bridgehead atoms. The third-order valence-corrected chi connectivity index (χ3v) is 3.78. The van der Waals surface area contributed by atoms with Gasteiger partial charge < -0.3 is 4.57 Å². The fourth-order valence-electron chi connectivity index (χ4n) is 2.38. The average Bonchev–Trinajstić information content (AvgIpc) is 2.88. The van der Waals surface area contributed by atoms with Crippen LogP contribution in [0.1, 0.15) is 12.6 Å². The van der Waals surface area contributed by atoms with Gasteiger partial charge in [-0.2, -0.15) is 5.10 Å². The molecule has 0 saturated carbocycles. The summed E-state index contributed by atoms with van der Waals surface area (Å²) in [7, 11) is 0. The standard InChI is InChI=1S/C16H16N4S/c1-3-20-15(18-19-16(20)21)13-9-10-14(17-11(13)2)12-7-5-4-6-8-12/h4-10H,3H2,1-2H3,(H,19,21). The van der Waals surface area contributed by atoms with Gasteiger partial charge in [-0.15, -0.1) is 0 Å². The van der Waals surface area contributed by atoms with Crippen molar-refractivity contribution in [3.63, 3.8) is 0 Å². The minimum atomic E-state index is 0.638. The van der Waals surface area contributed by atoms with E-state index in [1.807, 2.05) is 35.8 Å². The van der Waals surface area contributed by atoms with Gasteiger partial charge in [-0.25, -0.2) is 0 Å². The van der Waals surface area contributed by atoms with Crippen LogP contribution >= 0.6 is 12.2 Å². The molecular formula is C16H16N4S. The minimum Gasteiger partial charge on any atom is -0.300 e. The van der Waals surface area contributed by atoms with Crippen molar-refractivity contribution < 1.29 is 0 Å². The first-order chi connectivity index (χ1) is 10.2. The summed E-state index contributed by atoms with van der Waals surface area (Å²) < 4.78 is 2.61. The van der Waals surface area contributed by atoms with Crippen molar-refractivity contribution in [2.24, 2.45) is 0 Å². The summed E-state index contributed by atoms with van der Waals surface area (Å²) in [5.41, 5.74) is 4.03. The lowest BCUT2D eigenvalue weighted by atomic mass is 10.1. The zero-order valence-corrected chi connectivity index (χ0v) is 12.8. The van der Waals surface area contributed by atoms with Gasteiger partial charge in [-0.1, -0.05) is 30.3 Å². The SMILES string of the molecule is CCn1c(-c2ccc(-c3ccccc3)nc2C)n[nH]c1=S. The fourth-order valence-corrected chi connectivity index (χ4v) is 2.64. The van der Waals surface area contributed by atoms with Crippen LogP contribution in [0.4, 0.5) is 0 Å². The molecule has 2 heterocycles. The molecule has 0 saturated heterocycles. The van der Waals surface area contributed by atoms with Gasteiger partial charge in [-0.05, 0) is 38.2 Å². The van der Waals surface area contributed by atoms with Crippen LogP contribution in [0.2, 0.25) is 0 Å². The molecule has 21 heavy (non-hydrogen) atoms. The van der Waals surface area contributed by atoms with E-state index in [1.165, 1.54) is 0 Å². The Labute approximate surface area is 128 Å². The normalized spacial score (nSPS) is 10.8. The van der Waals surface area contributed by atoms with Gasteiger partial charge >= 0.3 is 0 Å². The number of aryl methyl sites for hydroxylation is 1. The molecule has 0 fully saturated rings. The molecule has 0 spiro atoms. The highest BCUT2D eigenvalue weighted by molar-refractivity contribution is 7.71. The smallest absolute Gasteiger partial charge is 0.195 e. The van der Waals surface area contributed by atoms with Gasteiger partial charge in [0.15, 0.2) is 10.6 Å². The van der Waals surface area contributed by atoms with E-state index in [-0.39, 0.29) is 0 Å². The van der Waals surface area contributed by atoms with Crippen molar-refractivity contribution in [1.29, 1.82) is 0 Å². The topological polar surface area (TPSA) is 46.5 Å². The zero-order chi connectivity index (χ0) is 14.8. The number of hydrogen-bond donors (Lipinski definition) is 1. The molecule has 106 valence electrons. The Morgan fingerprint density at radius 2 is 1.90 bits per heavy atom. The number of rotatable bonds is 3. The van der Waals surface area contributed by atoms with Crippen LogP contribution in [0.15, 0.2) is 42.5 Å². The lowest BCUT2D eigenvalue weighted by molar-refractivity contribution is 0.754. The van der Waals surface area contributed by atoms with Crippen molar-refractivity contribution in [2.75, 3.05) is 0 Å². The average molecular weight is 296 g/mol. The van der Waals surface area contributed by atoms with E-state index in [0.717, 1.165) is 34.9 Å². The lowest BCUT2D eigenvalue weighted by Gasteiger charge is -2.08. The van der Waals surface area contributed by atoms with Crippen molar-refractivity contribution in [3.8, 4) is 22.6 Å². The molecule has 0 radical (unpaired) electrons. The molecule has 5 heteroatoms. The second kappa shape index (κ2) is 5.61. The number of H-pyrrole nitrogens is 1. The number of benzene rings is 1. The van der Waals surface area contributed by atoms with Crippen LogP contribution in [-0.2, 0) is 6.54 Å². The van der Waals surface area contributed by atoms with Gasteiger partial charge in [0.05, 0.1) is 5.69 Å². The van der Waals surface area contributed by atoms with Gasteiger partial charge in [0, 0.05) is 23.4 Å². The second-order valence-corrected chi connectivity index (χ2v) is 5.18. The van der Waals surface area contributed by atoms with Crippen molar-refractivity contribution in [2.45, 2.75) is 20.4 Å². The number of hydrogen-bond acceptors (Lipinski definition) is 3. The fraction of sp³-hybridized carbons (Fsp3) is 0.188. The highest BCUT2D eigenvalue weighted by atomic mass is 32.1. The van der Waals surface area contributed by atoms with E-state index >= 15 is 0 Å². The zero-order valence-electron chi connectivity index (χ0n) is 12.0. The number of nitrogens with zero attached hydrogens (tertiary/aromatic N) is 3. The van der Waals surface area contributed by atoms with E-state index in [9.17, 15) is 0 Å². The van der Waals surface area contributed by atoms with Crippen LogP contribution in [0.25, 0.3) is 22.6 Å². The van der Waals surface area contributed by atoms with Crippen LogP contribution < -0.4 is 0 Å². The van der Waals surface area contributed by atoms with Crippen molar-refractivity contribution in [3.05, 3.63) is 52.9 Å². The molecule has 0 atom stereocenters. The molecule has 0 amide bonds. The second-order valence-electron chi connectivity index (χ2n) is 4.79. The quantitative estimate of drug-likeness (QED) is 0.743. The Hall–Kier alpha value is -2.27. The monoisotopic (exact) mass is 296 g/mol. The molecule has 1 aromatic carbocycles.